The Bertz CT molecular complexity index is 876. The molecule has 2 heterocycles. The first-order valence-corrected chi connectivity index (χ1v) is 9.94. The van der Waals surface area contributed by atoms with E-state index < -0.39 is 0 Å². The Kier molecular flexibility index (Phi) is 4.73. The van der Waals surface area contributed by atoms with Gasteiger partial charge in [0, 0.05) is 17.5 Å². The van der Waals surface area contributed by atoms with Crippen LogP contribution in [0.25, 0.3) is 10.9 Å². The van der Waals surface area contributed by atoms with E-state index in [1.807, 2.05) is 4.57 Å². The molecule has 1 saturated heterocycles. The van der Waals surface area contributed by atoms with Crippen LogP contribution in [0.15, 0.2) is 28.2 Å². The molecule has 0 radical (unpaired) electrons. The Morgan fingerprint density at radius 1 is 1.16 bits per heavy atom. The van der Waals surface area contributed by atoms with Gasteiger partial charge >= 0.3 is 5.97 Å². The summed E-state index contributed by atoms with van der Waals surface area (Å²) in [5.41, 5.74) is 0.542. The summed E-state index contributed by atoms with van der Waals surface area (Å²) in [5.74, 6) is -0.222. The molecular weight excluding hydrogens is 360 g/mol. The first kappa shape index (κ1) is 16.9. The summed E-state index contributed by atoms with van der Waals surface area (Å²) in [6.07, 6.45) is 6.04. The summed E-state index contributed by atoms with van der Waals surface area (Å²) in [5, 5.41) is 1.44. The van der Waals surface area contributed by atoms with E-state index in [4.69, 9.17) is 21.3 Å². The van der Waals surface area contributed by atoms with Crippen LogP contribution in [-0.2, 0) is 9.53 Å². The molecule has 1 aliphatic heterocycles. The third-order valence-electron chi connectivity index (χ3n) is 4.91. The molecule has 132 valence electrons. The Morgan fingerprint density at radius 2 is 1.96 bits per heavy atom. The van der Waals surface area contributed by atoms with Gasteiger partial charge in [0.1, 0.15) is 5.25 Å². The first-order valence-electron chi connectivity index (χ1n) is 8.68. The van der Waals surface area contributed by atoms with Crippen molar-refractivity contribution in [1.82, 2.24) is 9.55 Å². The van der Waals surface area contributed by atoms with Gasteiger partial charge in [-0.15, -0.1) is 0 Å². The molecule has 1 atom stereocenters. The number of esters is 1. The molecule has 2 aromatic rings. The van der Waals surface area contributed by atoms with Crippen LogP contribution >= 0.6 is 23.4 Å². The van der Waals surface area contributed by atoms with Gasteiger partial charge in [0.05, 0.1) is 17.5 Å². The normalized spacial score (nSPS) is 21.6. The second-order valence-electron chi connectivity index (χ2n) is 6.59. The summed E-state index contributed by atoms with van der Waals surface area (Å²) in [6.45, 7) is 0.434. The Hall–Kier alpha value is -1.53. The second kappa shape index (κ2) is 7.00. The number of benzene rings is 1. The summed E-state index contributed by atoms with van der Waals surface area (Å²) >= 11 is 7.42. The van der Waals surface area contributed by atoms with E-state index in [0.29, 0.717) is 34.1 Å². The Balaban J connectivity index is 1.84. The molecule has 25 heavy (non-hydrogen) atoms. The summed E-state index contributed by atoms with van der Waals surface area (Å²) < 4.78 is 6.88. The molecule has 0 amide bonds. The lowest BCUT2D eigenvalue weighted by Gasteiger charge is -2.26. The SMILES string of the molecule is O=C1OCC[C@@H]1Sc1nc2cc(Cl)ccc2c(=O)n1C1CCCCC1. The maximum atomic E-state index is 13.2. The lowest BCUT2D eigenvalue weighted by Crippen LogP contribution is -2.29. The quantitative estimate of drug-likeness (QED) is 0.597. The largest absolute Gasteiger partial charge is 0.465 e. The highest BCUT2D eigenvalue weighted by molar-refractivity contribution is 8.00. The maximum absolute atomic E-state index is 13.2. The number of ether oxygens (including phenoxy) is 1. The number of nitrogens with zero attached hydrogens (tertiary/aromatic N) is 2. The van der Waals surface area contributed by atoms with Crippen LogP contribution < -0.4 is 5.56 Å². The topological polar surface area (TPSA) is 61.2 Å². The molecular formula is C18H19ClN2O3S. The van der Waals surface area contributed by atoms with E-state index in [1.165, 1.54) is 18.2 Å². The number of hydrogen-bond acceptors (Lipinski definition) is 5. The molecule has 7 heteroatoms. The van der Waals surface area contributed by atoms with Crippen molar-refractivity contribution < 1.29 is 9.53 Å². The zero-order valence-corrected chi connectivity index (χ0v) is 15.3. The number of carbonyl (C=O) groups excluding carboxylic acids is 1. The van der Waals surface area contributed by atoms with Gasteiger partial charge in [-0.25, -0.2) is 4.98 Å². The van der Waals surface area contributed by atoms with Crippen LogP contribution in [0.3, 0.4) is 0 Å². The summed E-state index contributed by atoms with van der Waals surface area (Å²) in [4.78, 5) is 29.8. The molecule has 1 aliphatic carbocycles. The minimum atomic E-state index is -0.293. The number of hydrogen-bond donors (Lipinski definition) is 0. The first-order chi connectivity index (χ1) is 12.1. The highest BCUT2D eigenvalue weighted by Gasteiger charge is 2.31. The zero-order valence-electron chi connectivity index (χ0n) is 13.7. The predicted molar refractivity (Wildman–Crippen MR) is 98.4 cm³/mol. The highest BCUT2D eigenvalue weighted by Crippen LogP contribution is 2.34. The zero-order chi connectivity index (χ0) is 17.4. The van der Waals surface area contributed by atoms with Crippen molar-refractivity contribution >= 4 is 40.2 Å². The fraction of sp³-hybridized carbons (Fsp3) is 0.500. The highest BCUT2D eigenvalue weighted by atomic mass is 35.5. The number of cyclic esters (lactones) is 1. The van der Waals surface area contributed by atoms with E-state index in [-0.39, 0.29) is 22.8 Å². The predicted octanol–water partition coefficient (Wildman–Crippen LogP) is 3.96. The van der Waals surface area contributed by atoms with Gasteiger partial charge in [-0.2, -0.15) is 0 Å². The standard InChI is InChI=1S/C18H19ClN2O3S/c19-11-6-7-13-14(10-11)20-18(25-15-8-9-24-17(15)23)21(16(13)22)12-4-2-1-3-5-12/h6-7,10,12,15H,1-5,8-9H2/t15-/m0/s1. The second-order valence-corrected chi connectivity index (χ2v) is 8.19. The molecule has 2 fully saturated rings. The fourth-order valence-corrected chi connectivity index (χ4v) is 4.90. The number of aromatic nitrogens is 2. The fourth-order valence-electron chi connectivity index (χ4n) is 3.61. The Labute approximate surface area is 154 Å². The Morgan fingerprint density at radius 3 is 2.68 bits per heavy atom. The number of thioether (sulfide) groups is 1. The molecule has 1 saturated carbocycles. The van der Waals surface area contributed by atoms with Gasteiger partial charge in [-0.05, 0) is 31.0 Å². The van der Waals surface area contributed by atoms with E-state index in [2.05, 4.69) is 0 Å². The molecule has 0 unspecified atom stereocenters. The third-order valence-corrected chi connectivity index (χ3v) is 6.35. The van der Waals surface area contributed by atoms with Crippen LogP contribution in [0.2, 0.25) is 5.02 Å². The molecule has 5 nitrogen and oxygen atoms in total. The van der Waals surface area contributed by atoms with Crippen molar-refractivity contribution in [3.63, 3.8) is 0 Å². The van der Waals surface area contributed by atoms with Gasteiger partial charge < -0.3 is 4.74 Å². The van der Waals surface area contributed by atoms with Crippen molar-refractivity contribution in [2.45, 2.75) is 55.0 Å². The number of rotatable bonds is 3. The van der Waals surface area contributed by atoms with Gasteiger partial charge in [0.2, 0.25) is 0 Å². The van der Waals surface area contributed by atoms with Gasteiger partial charge in [-0.1, -0.05) is 42.6 Å². The minimum absolute atomic E-state index is 0.0394. The van der Waals surface area contributed by atoms with Crippen LogP contribution in [0.1, 0.15) is 44.6 Å². The summed E-state index contributed by atoms with van der Waals surface area (Å²) in [7, 11) is 0. The van der Waals surface area contributed by atoms with E-state index in [9.17, 15) is 9.59 Å². The van der Waals surface area contributed by atoms with Crippen LogP contribution in [0, 0.1) is 0 Å². The molecule has 0 bridgehead atoms. The smallest absolute Gasteiger partial charge is 0.319 e. The number of halogens is 1. The van der Waals surface area contributed by atoms with Crippen molar-refractivity contribution in [2.75, 3.05) is 6.61 Å². The molecule has 2 aliphatic rings. The molecule has 0 N–H and O–H groups in total. The van der Waals surface area contributed by atoms with Crippen LogP contribution in [0.4, 0.5) is 0 Å². The molecule has 4 rings (SSSR count). The molecule has 1 aromatic carbocycles. The lowest BCUT2D eigenvalue weighted by molar-refractivity contribution is -0.137. The average Bonchev–Trinajstić information content (AvgIpc) is 3.00. The monoisotopic (exact) mass is 378 g/mol. The minimum Gasteiger partial charge on any atom is -0.465 e. The van der Waals surface area contributed by atoms with E-state index >= 15 is 0 Å². The third kappa shape index (κ3) is 3.29. The average molecular weight is 379 g/mol. The lowest BCUT2D eigenvalue weighted by atomic mass is 9.95. The summed E-state index contributed by atoms with van der Waals surface area (Å²) in [6, 6.07) is 5.32. The van der Waals surface area contributed by atoms with Crippen LogP contribution in [-0.4, -0.2) is 27.4 Å². The molecule has 0 spiro atoms. The van der Waals surface area contributed by atoms with Crippen molar-refractivity contribution in [1.29, 1.82) is 0 Å². The number of fused-ring (bicyclic) bond motifs is 1. The molecule has 1 aromatic heterocycles. The van der Waals surface area contributed by atoms with Crippen molar-refractivity contribution in [2.24, 2.45) is 0 Å². The van der Waals surface area contributed by atoms with Crippen molar-refractivity contribution in [3.8, 4) is 0 Å². The van der Waals surface area contributed by atoms with Gasteiger partial charge in [0.25, 0.3) is 5.56 Å². The van der Waals surface area contributed by atoms with E-state index in [0.717, 1.165) is 25.7 Å². The maximum Gasteiger partial charge on any atom is 0.319 e. The van der Waals surface area contributed by atoms with Crippen LogP contribution in [0.5, 0.6) is 0 Å². The number of carbonyl (C=O) groups is 1. The van der Waals surface area contributed by atoms with Crippen molar-refractivity contribution in [3.05, 3.63) is 33.6 Å². The van der Waals surface area contributed by atoms with E-state index in [1.54, 1.807) is 18.2 Å². The van der Waals surface area contributed by atoms with Gasteiger partial charge in [-0.3, -0.25) is 14.2 Å². The van der Waals surface area contributed by atoms with Gasteiger partial charge in [0.15, 0.2) is 5.16 Å².